The van der Waals surface area contributed by atoms with Crippen LogP contribution in [0.1, 0.15) is 71.5 Å². The van der Waals surface area contributed by atoms with Gasteiger partial charge in [0.1, 0.15) is 0 Å². The second-order valence-electron chi connectivity index (χ2n) is 10.4. The van der Waals surface area contributed by atoms with Gasteiger partial charge in [-0.25, -0.2) is 4.79 Å². The van der Waals surface area contributed by atoms with E-state index in [0.717, 1.165) is 11.3 Å². The highest BCUT2D eigenvalue weighted by Crippen LogP contribution is 2.33. The molecule has 1 aliphatic rings. The maximum Gasteiger partial charge on any atom is 0.326 e. The predicted octanol–water partition coefficient (Wildman–Crippen LogP) is 5.88. The quantitative estimate of drug-likeness (QED) is 0.0957. The van der Waals surface area contributed by atoms with E-state index in [0.29, 0.717) is 22.7 Å². The predicted molar refractivity (Wildman–Crippen MR) is 166 cm³/mol. The highest BCUT2D eigenvalue weighted by molar-refractivity contribution is 6.03. The molecule has 0 spiro atoms. The molecule has 3 amide bonds. The Morgan fingerprint density at radius 3 is 2.35 bits per heavy atom. The Bertz CT molecular complexity index is 1460. The van der Waals surface area contributed by atoms with Crippen molar-refractivity contribution < 1.29 is 19.5 Å². The fourth-order valence-corrected chi connectivity index (χ4v) is 5.07. The van der Waals surface area contributed by atoms with Crippen molar-refractivity contribution in [3.05, 3.63) is 95.1 Å². The van der Waals surface area contributed by atoms with Crippen molar-refractivity contribution >= 4 is 35.1 Å². The van der Waals surface area contributed by atoms with Gasteiger partial charge in [0, 0.05) is 29.0 Å². The summed E-state index contributed by atoms with van der Waals surface area (Å²) in [6.45, 7) is 0.290. The average Bonchev–Trinajstić information content (AvgIpc) is 3.03. The molecule has 0 aromatic heterocycles. The van der Waals surface area contributed by atoms with Crippen molar-refractivity contribution in [3.63, 3.8) is 0 Å². The summed E-state index contributed by atoms with van der Waals surface area (Å²) in [5.41, 5.74) is 10.4. The van der Waals surface area contributed by atoms with Gasteiger partial charge in [-0.05, 0) is 71.5 Å². The molecule has 0 aliphatic heterocycles. The lowest BCUT2D eigenvalue weighted by Gasteiger charge is -2.26. The number of carboxylic acids is 1. The number of nitrogens with one attached hydrogen (secondary N) is 2. The van der Waals surface area contributed by atoms with Gasteiger partial charge in [-0.1, -0.05) is 55.7 Å². The number of nitrogens with zero attached hydrogens (tertiary/aromatic N) is 4. The minimum Gasteiger partial charge on any atom is -0.481 e. The number of carbonyl (C=O) groups is 3. The second kappa shape index (κ2) is 15.2. The first-order valence-electron chi connectivity index (χ1n) is 14.3. The molecule has 0 saturated heterocycles. The summed E-state index contributed by atoms with van der Waals surface area (Å²) in [6.07, 6.45) is 5.98. The molecular weight excluding hydrogens is 546 g/mol. The lowest BCUT2D eigenvalue weighted by atomic mass is 9.84. The van der Waals surface area contributed by atoms with Gasteiger partial charge >= 0.3 is 12.0 Å². The van der Waals surface area contributed by atoms with Crippen molar-refractivity contribution in [1.82, 2.24) is 5.32 Å². The smallest absolute Gasteiger partial charge is 0.326 e. The largest absolute Gasteiger partial charge is 0.481 e. The Morgan fingerprint density at radius 1 is 0.953 bits per heavy atom. The molecule has 43 heavy (non-hydrogen) atoms. The number of benzene rings is 3. The highest BCUT2D eigenvalue weighted by Gasteiger charge is 2.20. The van der Waals surface area contributed by atoms with Gasteiger partial charge in [-0.3, -0.25) is 14.5 Å². The summed E-state index contributed by atoms with van der Waals surface area (Å²) in [7, 11) is 1.49. The topological polar surface area (TPSA) is 162 Å². The van der Waals surface area contributed by atoms with Crippen molar-refractivity contribution in [3.8, 4) is 0 Å². The number of amides is 3. The van der Waals surface area contributed by atoms with E-state index in [1.165, 1.54) is 44.7 Å². The van der Waals surface area contributed by atoms with Crippen LogP contribution >= 0.6 is 0 Å². The molecule has 3 aromatic rings. The van der Waals surface area contributed by atoms with Gasteiger partial charge in [0.05, 0.1) is 20.0 Å². The van der Waals surface area contributed by atoms with Crippen LogP contribution in [0.2, 0.25) is 0 Å². The van der Waals surface area contributed by atoms with E-state index < -0.39 is 5.97 Å². The monoisotopic (exact) mass is 583 g/mol. The van der Waals surface area contributed by atoms with Crippen LogP contribution in [0.3, 0.4) is 0 Å². The van der Waals surface area contributed by atoms with E-state index in [-0.39, 0.29) is 37.3 Å². The van der Waals surface area contributed by atoms with Gasteiger partial charge in [0.2, 0.25) is 0 Å². The third kappa shape index (κ3) is 8.96. The lowest BCUT2D eigenvalue weighted by Crippen LogP contribution is -2.34. The van der Waals surface area contributed by atoms with Crippen molar-refractivity contribution in [1.29, 1.82) is 0 Å². The summed E-state index contributed by atoms with van der Waals surface area (Å²) < 4.78 is 0. The molecule has 3 aromatic carbocycles. The fraction of sp³-hybridized carbons (Fsp3) is 0.312. The van der Waals surface area contributed by atoms with E-state index in [1.807, 2.05) is 12.1 Å². The molecule has 0 unspecified atom stereocenters. The van der Waals surface area contributed by atoms with Crippen LogP contribution in [0.4, 0.5) is 16.2 Å². The zero-order valence-corrected chi connectivity index (χ0v) is 24.2. The van der Waals surface area contributed by atoms with Crippen LogP contribution in [0.15, 0.2) is 88.2 Å². The Balaban J connectivity index is 1.54. The molecule has 1 aliphatic carbocycles. The molecule has 0 bridgehead atoms. The van der Waals surface area contributed by atoms with Crippen molar-refractivity contribution in [2.24, 2.45) is 21.2 Å². The van der Waals surface area contributed by atoms with Crippen molar-refractivity contribution in [2.75, 3.05) is 23.8 Å². The summed E-state index contributed by atoms with van der Waals surface area (Å²) in [5, 5.41) is 25.3. The van der Waals surface area contributed by atoms with E-state index in [4.69, 9.17) is 10.8 Å². The number of amidine groups is 1. The van der Waals surface area contributed by atoms with E-state index in [9.17, 15) is 14.4 Å². The minimum atomic E-state index is -0.980. The first-order valence-corrected chi connectivity index (χ1v) is 14.3. The van der Waals surface area contributed by atoms with Gasteiger partial charge < -0.3 is 21.5 Å². The Labute approximate surface area is 250 Å². The van der Waals surface area contributed by atoms with E-state index >= 15 is 0 Å². The molecular formula is C32H37N7O4. The second-order valence-corrected chi connectivity index (χ2v) is 10.4. The zero-order chi connectivity index (χ0) is 30.6. The summed E-state index contributed by atoms with van der Waals surface area (Å²) in [4.78, 5) is 38.5. The third-order valence-corrected chi connectivity index (χ3v) is 7.36. The molecule has 0 heterocycles. The van der Waals surface area contributed by atoms with Crippen LogP contribution in [0, 0.1) is 0 Å². The Kier molecular flexibility index (Phi) is 11.0. The summed E-state index contributed by atoms with van der Waals surface area (Å²) in [6, 6.07) is 21.7. The molecule has 11 heteroatoms. The van der Waals surface area contributed by atoms with E-state index in [2.05, 4.69) is 38.2 Å². The van der Waals surface area contributed by atoms with Crippen LogP contribution in [-0.2, 0) is 11.3 Å². The van der Waals surface area contributed by atoms with Crippen LogP contribution in [-0.4, -0.2) is 42.4 Å². The molecule has 5 N–H and O–H groups in total. The minimum absolute atomic E-state index is 0.0438. The number of aliphatic carboxylic acids is 1. The fourth-order valence-electron chi connectivity index (χ4n) is 5.07. The van der Waals surface area contributed by atoms with Gasteiger partial charge in [-0.15, -0.1) is 5.10 Å². The molecule has 0 atom stereocenters. The number of carboxylic acid groups (broad SMARTS) is 1. The molecule has 1 fully saturated rings. The SMILES string of the molecule is CN=N/N=C(\N)c1cccc(NC(=O)N(Cc2ccc(C(=O)NCCC(=O)O)cc2)c2ccc(C3CCCCC3)cc2)c1. The number of anilines is 2. The summed E-state index contributed by atoms with van der Waals surface area (Å²) >= 11 is 0. The first kappa shape index (κ1) is 30.9. The average molecular weight is 584 g/mol. The Hall–Kier alpha value is -5.06. The lowest BCUT2D eigenvalue weighted by molar-refractivity contribution is -0.136. The molecule has 0 radical (unpaired) electrons. The Morgan fingerprint density at radius 2 is 1.67 bits per heavy atom. The highest BCUT2D eigenvalue weighted by atomic mass is 16.4. The maximum atomic E-state index is 13.7. The number of carbonyl (C=O) groups excluding carboxylic acids is 2. The number of nitrogens with two attached hydrogens (primary N) is 1. The number of rotatable bonds is 11. The molecule has 4 rings (SSSR count). The van der Waals surface area contributed by atoms with Crippen LogP contribution in [0.5, 0.6) is 0 Å². The number of hydrogen-bond acceptors (Lipinski definition) is 5. The zero-order valence-electron chi connectivity index (χ0n) is 24.2. The molecule has 224 valence electrons. The summed E-state index contributed by atoms with van der Waals surface area (Å²) in [5.74, 6) is -0.624. The third-order valence-electron chi connectivity index (χ3n) is 7.36. The molecule has 11 nitrogen and oxygen atoms in total. The standard InChI is InChI=1S/C32H37N7O4/c1-34-38-37-30(33)26-8-5-9-27(20-26)36-32(43)39(28-16-14-24(15-17-28)23-6-3-2-4-7-23)21-22-10-12-25(13-11-22)31(42)35-19-18-29(40)41/h5,8-17,20,23H,2-4,6-7,18-19,21H2,1H3,(H,35,42)(H,36,43)(H,40,41)(H2,33,34,37). The van der Waals surface area contributed by atoms with Gasteiger partial charge in [0.25, 0.3) is 5.91 Å². The first-order chi connectivity index (χ1) is 20.8. The van der Waals surface area contributed by atoms with Gasteiger partial charge in [-0.2, -0.15) is 5.11 Å². The number of hydrogen-bond donors (Lipinski definition) is 4. The van der Waals surface area contributed by atoms with E-state index in [1.54, 1.807) is 53.4 Å². The van der Waals surface area contributed by atoms with Crippen molar-refractivity contribution in [2.45, 2.75) is 51.0 Å². The van der Waals surface area contributed by atoms with Gasteiger partial charge in [0.15, 0.2) is 5.84 Å². The van der Waals surface area contributed by atoms with Crippen LogP contribution < -0.4 is 21.3 Å². The maximum absolute atomic E-state index is 13.7. The normalized spacial score (nSPS) is 13.9. The molecule has 1 saturated carbocycles. The van der Waals surface area contributed by atoms with Crippen LogP contribution in [0.25, 0.3) is 0 Å². The number of urea groups is 1.